The van der Waals surface area contributed by atoms with Crippen molar-refractivity contribution in [2.24, 2.45) is 30.7 Å². The second-order valence-corrected chi connectivity index (χ2v) is 4.52. The molecule has 2 rings (SSSR count). The van der Waals surface area contributed by atoms with Gasteiger partial charge in [0.15, 0.2) is 5.11 Å². The van der Waals surface area contributed by atoms with Gasteiger partial charge in [-0.3, -0.25) is 0 Å². The van der Waals surface area contributed by atoms with Gasteiger partial charge in [-0.05, 0) is 16.6 Å². The molecule has 0 aliphatic carbocycles. The molecule has 0 aliphatic rings. The van der Waals surface area contributed by atoms with Crippen LogP contribution in [0.25, 0.3) is 41.8 Å². The molecule has 0 aliphatic heterocycles. The lowest BCUT2D eigenvalue weighted by molar-refractivity contribution is -0.824. The van der Waals surface area contributed by atoms with E-state index in [2.05, 4.69) is 50.3 Å². The van der Waals surface area contributed by atoms with E-state index in [1.165, 1.54) is 0 Å². The normalized spacial score (nSPS) is 9.88. The topological polar surface area (TPSA) is 381 Å². The van der Waals surface area contributed by atoms with Crippen LogP contribution in [0.4, 0.5) is 35.7 Å². The Morgan fingerprint density at radius 1 is 0.406 bits per heavy atom. The Kier molecular flexibility index (Phi) is 6.02. The highest BCUT2D eigenvalue weighted by Gasteiger charge is 2.37. The van der Waals surface area contributed by atoms with Crippen LogP contribution < -0.4 is 28.4 Å². The first-order chi connectivity index (χ1) is 15.2. The van der Waals surface area contributed by atoms with Crippen molar-refractivity contribution in [2.45, 2.75) is 0 Å². The van der Waals surface area contributed by atoms with Crippen LogP contribution in [0.5, 0.6) is 0 Å². The minimum Gasteiger partial charge on any atom is -0.688 e. The van der Waals surface area contributed by atoms with Crippen LogP contribution in [0.2, 0.25) is 0 Å². The number of rotatable bonds is 6. The Morgan fingerprint density at radius 3 is 0.781 bits per heavy atom. The van der Waals surface area contributed by atoms with Crippen molar-refractivity contribution in [3.05, 3.63) is 73.0 Å². The number of nitrogens with zero attached hydrogens (tertiary/aromatic N) is 20. The highest BCUT2D eigenvalue weighted by molar-refractivity contribution is 5.13. The molecule has 160 valence electrons. The maximum absolute atomic E-state index is 12.1. The quantitative estimate of drug-likeness (QED) is 0.187. The maximum atomic E-state index is 12.1. The van der Waals surface area contributed by atoms with Crippen LogP contribution in [0.15, 0.2) is 30.7 Å². The zero-order valence-electron chi connectivity index (χ0n) is 14.4. The molecule has 0 aromatic carbocycles. The van der Waals surface area contributed by atoms with Crippen LogP contribution in [0.1, 0.15) is 0 Å². The van der Waals surface area contributed by atoms with Gasteiger partial charge >= 0.3 is 40.8 Å². The van der Waals surface area contributed by atoms with Crippen LogP contribution in [-0.2, 0) is 0 Å². The van der Waals surface area contributed by atoms with E-state index >= 15 is 0 Å². The fraction of sp³-hybridized carbons (Fsp3) is 0. The van der Waals surface area contributed by atoms with Gasteiger partial charge in [-0.2, -0.15) is 4.73 Å². The molecule has 26 nitrogen and oxygen atoms in total. The van der Waals surface area contributed by atoms with E-state index in [4.69, 9.17) is 22.1 Å². The van der Waals surface area contributed by atoms with Gasteiger partial charge in [0.25, 0.3) is 4.91 Å². The molecular formula is C6N20O6. The van der Waals surface area contributed by atoms with Crippen molar-refractivity contribution in [2.75, 3.05) is 0 Å². The molecule has 2 heterocycles. The average molecular weight is 448 g/mol. The van der Waals surface area contributed by atoms with E-state index < -0.39 is 64.1 Å². The van der Waals surface area contributed by atoms with Gasteiger partial charge < -0.3 is 31.2 Å². The predicted octanol–water partition coefficient (Wildman–Crippen LogP) is -0.330. The second kappa shape index (κ2) is 8.78. The van der Waals surface area contributed by atoms with E-state index in [-0.39, 0.29) is 0 Å². The second-order valence-electron chi connectivity index (χ2n) is 4.52. The highest BCUT2D eigenvalue weighted by Crippen LogP contribution is 2.14. The van der Waals surface area contributed by atoms with Crippen LogP contribution in [-0.4, -0.2) is 0 Å². The molecule has 0 fully saturated rings. The van der Waals surface area contributed by atoms with E-state index in [0.717, 1.165) is 0 Å². The lowest BCUT2D eigenvalue weighted by Crippen LogP contribution is -2.54. The van der Waals surface area contributed by atoms with Gasteiger partial charge in [-0.25, -0.2) is 0 Å². The van der Waals surface area contributed by atoms with E-state index in [1.807, 2.05) is 0 Å². The molecule has 32 heavy (non-hydrogen) atoms. The van der Waals surface area contributed by atoms with Gasteiger partial charge in [0.1, 0.15) is 0 Å². The monoisotopic (exact) mass is 448 g/mol. The van der Waals surface area contributed by atoms with Gasteiger partial charge in [0, 0.05) is 30.1 Å². The van der Waals surface area contributed by atoms with E-state index in [1.54, 1.807) is 0 Å². The SMILES string of the molecule is [N-]=[N+]=Nc1[n+]([O-])c(N=[N+]=[N-])[n+]([O-])c(/N=N/c2[n+]([O-])c(N=[N+]=[N-])[n+]([O-])c(N=[N+]=[N-])[n+]2[O-])[n+]1[O-]. The molecule has 0 amide bonds. The summed E-state index contributed by atoms with van der Waals surface area (Å²) in [5, 5.41) is 88.7. The first kappa shape index (κ1) is 22.0. The molecule has 0 radical (unpaired) electrons. The van der Waals surface area contributed by atoms with Crippen molar-refractivity contribution in [3.8, 4) is 0 Å². The fourth-order valence-corrected chi connectivity index (χ4v) is 1.77. The number of azo groups is 1. The molecule has 0 N–H and O–H groups in total. The summed E-state index contributed by atoms with van der Waals surface area (Å²) in [7, 11) is 0. The molecule has 2 aromatic heterocycles. The summed E-state index contributed by atoms with van der Waals surface area (Å²) in [4.78, 5) is 8.59. The molecule has 26 heteroatoms. The summed E-state index contributed by atoms with van der Waals surface area (Å²) in [6.45, 7) is 0. The van der Waals surface area contributed by atoms with E-state index in [9.17, 15) is 31.2 Å². The smallest absolute Gasteiger partial charge is 0.651 e. The summed E-state index contributed by atoms with van der Waals surface area (Å²) >= 11 is 0. The van der Waals surface area contributed by atoms with Crippen LogP contribution >= 0.6 is 0 Å². The van der Waals surface area contributed by atoms with Crippen LogP contribution in [0, 0.1) is 31.2 Å². The van der Waals surface area contributed by atoms with Crippen molar-refractivity contribution in [1.29, 1.82) is 0 Å². The Balaban J connectivity index is 2.92. The minimum absolute atomic E-state index is 0.664. The third-order valence-corrected chi connectivity index (χ3v) is 2.95. The molecule has 0 atom stereocenters. The molecule has 0 bridgehead atoms. The third-order valence-electron chi connectivity index (χ3n) is 2.95. The molecule has 0 saturated heterocycles. The summed E-state index contributed by atoms with van der Waals surface area (Å²) < 4.78 is -4.20. The number of hydrogen-bond donors (Lipinski definition) is 0. The average Bonchev–Trinajstić information content (AvgIpc) is 2.76. The summed E-state index contributed by atoms with van der Waals surface area (Å²) in [5.41, 5.74) is 33.7. The lowest BCUT2D eigenvalue weighted by atomic mass is 10.8. The zero-order chi connectivity index (χ0) is 24.0. The van der Waals surface area contributed by atoms with E-state index in [0.29, 0.717) is 0 Å². The number of aromatic nitrogens is 6. The Morgan fingerprint density at radius 2 is 0.594 bits per heavy atom. The van der Waals surface area contributed by atoms with Gasteiger partial charge in [0.05, 0.1) is 10.6 Å². The zero-order valence-corrected chi connectivity index (χ0v) is 14.4. The Bertz CT molecular complexity index is 1160. The molecule has 0 saturated carbocycles. The highest BCUT2D eigenvalue weighted by atomic mass is 16.5. The fourth-order valence-electron chi connectivity index (χ4n) is 1.77. The number of hydrogen-bond acceptors (Lipinski definition) is 12. The van der Waals surface area contributed by atoms with Crippen molar-refractivity contribution < 1.29 is 28.4 Å². The van der Waals surface area contributed by atoms with Gasteiger partial charge in [-0.15, -0.1) is 18.9 Å². The summed E-state index contributed by atoms with van der Waals surface area (Å²) in [6.07, 6.45) is 0. The molecule has 2 aromatic rings. The van der Waals surface area contributed by atoms with Gasteiger partial charge in [-0.1, -0.05) is 4.73 Å². The summed E-state index contributed by atoms with van der Waals surface area (Å²) in [5.74, 6) is -8.80. The van der Waals surface area contributed by atoms with Crippen molar-refractivity contribution in [1.82, 2.24) is 0 Å². The third kappa shape index (κ3) is 3.53. The Labute approximate surface area is 169 Å². The predicted molar refractivity (Wildman–Crippen MR) is 86.0 cm³/mol. The minimum atomic E-state index is -1.53. The number of azide groups is 4. The lowest BCUT2D eigenvalue weighted by Gasteiger charge is -2.12. The Hall–Kier alpha value is -6.34. The first-order valence-corrected chi connectivity index (χ1v) is 6.92. The standard InChI is InChI=1S/C6N20O6/c7-17-13-3-21(27)1(22(28)4(14-18-8)25(3)31)11-12-2-23(29)5(15-19-9)26(32)6(16-20-10)24(2)30/b12-11+. The maximum Gasteiger partial charge on any atom is 0.651 e. The van der Waals surface area contributed by atoms with Crippen molar-refractivity contribution >= 4 is 35.7 Å². The largest absolute Gasteiger partial charge is 0.688 e. The van der Waals surface area contributed by atoms with Gasteiger partial charge in [0.2, 0.25) is 0 Å². The molecular weight excluding hydrogens is 448 g/mol. The molecule has 0 unspecified atom stereocenters. The van der Waals surface area contributed by atoms with Crippen LogP contribution in [0.3, 0.4) is 0 Å². The van der Waals surface area contributed by atoms with Crippen molar-refractivity contribution in [3.63, 3.8) is 0 Å². The summed E-state index contributed by atoms with van der Waals surface area (Å²) in [6, 6.07) is 0. The first-order valence-electron chi connectivity index (χ1n) is 6.92. The molecule has 0 spiro atoms.